The number of nitrogens with two attached hydrogens (primary N) is 1. The molecule has 2 aromatic carbocycles. The summed E-state index contributed by atoms with van der Waals surface area (Å²) in [5.74, 6) is 0.0659. The first-order chi connectivity index (χ1) is 15.2. The Morgan fingerprint density at radius 1 is 1.03 bits per heavy atom. The Kier molecular flexibility index (Phi) is 5.97. The van der Waals surface area contributed by atoms with E-state index in [-0.39, 0.29) is 16.1 Å². The standard InChI is InChI=1S/C25H29N3O3S/c1-25(2)15-18-27(22-8-4-3-7-21(22)25)16-6-10-24(29)23-9-5-17-28(23)19-11-13-20(14-12-19)32(26,30)31/h3-5,7-9,11-14,17H,6,10,15-16,18H2,1-2H3,(H2,26,30,31). The van der Waals surface area contributed by atoms with Crippen molar-refractivity contribution in [3.8, 4) is 5.69 Å². The smallest absolute Gasteiger partial charge is 0.238 e. The maximum absolute atomic E-state index is 13.0. The van der Waals surface area contributed by atoms with Crippen LogP contribution in [0.25, 0.3) is 5.69 Å². The van der Waals surface area contributed by atoms with Gasteiger partial charge in [-0.1, -0.05) is 32.0 Å². The number of para-hydroxylation sites is 1. The Morgan fingerprint density at radius 3 is 2.47 bits per heavy atom. The van der Waals surface area contributed by atoms with Crippen LogP contribution in [0, 0.1) is 0 Å². The van der Waals surface area contributed by atoms with E-state index in [1.807, 2.05) is 12.3 Å². The molecule has 2 N–H and O–H groups in total. The highest BCUT2D eigenvalue weighted by Gasteiger charge is 2.30. The number of nitrogens with zero attached hydrogens (tertiary/aromatic N) is 2. The van der Waals surface area contributed by atoms with E-state index in [1.165, 1.54) is 23.4 Å². The van der Waals surface area contributed by atoms with Crippen molar-refractivity contribution in [2.75, 3.05) is 18.0 Å². The molecule has 6 nitrogen and oxygen atoms in total. The number of primary sulfonamides is 1. The molecule has 0 spiro atoms. The molecule has 3 aromatic rings. The van der Waals surface area contributed by atoms with Gasteiger partial charge in [-0.2, -0.15) is 0 Å². The zero-order valence-corrected chi connectivity index (χ0v) is 19.3. The summed E-state index contributed by atoms with van der Waals surface area (Å²) in [5, 5.41) is 5.17. The number of hydrogen-bond donors (Lipinski definition) is 1. The molecule has 1 aromatic heterocycles. The first-order valence-corrected chi connectivity index (χ1v) is 12.4. The van der Waals surface area contributed by atoms with Gasteiger partial charge in [-0.25, -0.2) is 13.6 Å². The van der Waals surface area contributed by atoms with Crippen LogP contribution in [0.4, 0.5) is 5.69 Å². The van der Waals surface area contributed by atoms with Crippen LogP contribution in [-0.2, 0) is 15.4 Å². The number of aromatic nitrogens is 1. The molecule has 7 heteroatoms. The third-order valence-corrected chi connectivity index (χ3v) is 7.22. The van der Waals surface area contributed by atoms with Gasteiger partial charge in [0.25, 0.3) is 0 Å². The maximum Gasteiger partial charge on any atom is 0.238 e. The molecule has 0 unspecified atom stereocenters. The second-order valence-electron chi connectivity index (χ2n) is 8.97. The first-order valence-electron chi connectivity index (χ1n) is 10.8. The molecule has 2 heterocycles. The summed E-state index contributed by atoms with van der Waals surface area (Å²) in [6.07, 6.45) is 4.11. The van der Waals surface area contributed by atoms with Gasteiger partial charge >= 0.3 is 0 Å². The minimum atomic E-state index is -3.75. The van der Waals surface area contributed by atoms with Crippen molar-refractivity contribution in [2.45, 2.75) is 43.4 Å². The summed E-state index contributed by atoms with van der Waals surface area (Å²) < 4.78 is 24.7. The summed E-state index contributed by atoms with van der Waals surface area (Å²) in [4.78, 5) is 15.4. The van der Waals surface area contributed by atoms with Gasteiger partial charge < -0.3 is 9.47 Å². The van der Waals surface area contributed by atoms with E-state index in [2.05, 4.69) is 43.0 Å². The number of hydrogen-bond acceptors (Lipinski definition) is 4. The van der Waals surface area contributed by atoms with Crippen LogP contribution in [0.2, 0.25) is 0 Å². The Labute approximate surface area is 189 Å². The summed E-state index contributed by atoms with van der Waals surface area (Å²) in [6.45, 7) is 6.40. The molecular weight excluding hydrogens is 422 g/mol. The van der Waals surface area contributed by atoms with Gasteiger partial charge in [-0.15, -0.1) is 0 Å². The molecule has 1 aliphatic rings. The number of benzene rings is 2. The van der Waals surface area contributed by atoms with Crippen molar-refractivity contribution in [3.63, 3.8) is 0 Å². The zero-order chi connectivity index (χ0) is 22.9. The lowest BCUT2D eigenvalue weighted by Crippen LogP contribution is -2.37. The minimum Gasteiger partial charge on any atom is -0.371 e. The molecule has 168 valence electrons. The van der Waals surface area contributed by atoms with Gasteiger partial charge in [-0.05, 0) is 66.3 Å². The van der Waals surface area contributed by atoms with E-state index in [0.29, 0.717) is 12.1 Å². The number of fused-ring (bicyclic) bond motifs is 1. The maximum atomic E-state index is 13.0. The van der Waals surface area contributed by atoms with Gasteiger partial charge in [0, 0.05) is 37.1 Å². The molecule has 4 rings (SSSR count). The van der Waals surface area contributed by atoms with Gasteiger partial charge in [0.05, 0.1) is 10.6 Å². The fourth-order valence-corrected chi connectivity index (χ4v) is 4.93. The van der Waals surface area contributed by atoms with Crippen molar-refractivity contribution < 1.29 is 13.2 Å². The van der Waals surface area contributed by atoms with Crippen LogP contribution in [-0.4, -0.2) is 31.9 Å². The molecule has 0 saturated carbocycles. The Bertz CT molecular complexity index is 1230. The van der Waals surface area contributed by atoms with Crippen molar-refractivity contribution >= 4 is 21.5 Å². The Morgan fingerprint density at radius 2 is 1.75 bits per heavy atom. The third-order valence-electron chi connectivity index (χ3n) is 6.29. The molecule has 1 aliphatic heterocycles. The predicted octanol–water partition coefficient (Wildman–Crippen LogP) is 4.28. The van der Waals surface area contributed by atoms with Crippen molar-refractivity contribution in [1.29, 1.82) is 0 Å². The van der Waals surface area contributed by atoms with Gasteiger partial charge in [-0.3, -0.25) is 4.79 Å². The van der Waals surface area contributed by atoms with Crippen molar-refractivity contribution in [2.24, 2.45) is 5.14 Å². The second kappa shape index (κ2) is 8.56. The van der Waals surface area contributed by atoms with Crippen LogP contribution in [0.3, 0.4) is 0 Å². The summed E-state index contributed by atoms with van der Waals surface area (Å²) >= 11 is 0. The summed E-state index contributed by atoms with van der Waals surface area (Å²) in [5.41, 5.74) is 4.12. The van der Waals surface area contributed by atoms with Crippen LogP contribution < -0.4 is 10.0 Å². The molecule has 0 radical (unpaired) electrons. The van der Waals surface area contributed by atoms with Crippen LogP contribution >= 0.6 is 0 Å². The molecule has 0 saturated heterocycles. The quantitative estimate of drug-likeness (QED) is 0.544. The summed E-state index contributed by atoms with van der Waals surface area (Å²) in [7, 11) is -3.75. The number of rotatable bonds is 7. The number of carbonyl (C=O) groups excluding carboxylic acids is 1. The lowest BCUT2D eigenvalue weighted by atomic mass is 9.77. The third kappa shape index (κ3) is 4.49. The van der Waals surface area contributed by atoms with E-state index in [9.17, 15) is 13.2 Å². The van der Waals surface area contributed by atoms with Crippen molar-refractivity contribution in [3.05, 3.63) is 78.1 Å². The minimum absolute atomic E-state index is 0.0475. The monoisotopic (exact) mass is 451 g/mol. The van der Waals surface area contributed by atoms with Gasteiger partial charge in [0.15, 0.2) is 5.78 Å². The zero-order valence-electron chi connectivity index (χ0n) is 18.5. The number of carbonyl (C=O) groups is 1. The largest absolute Gasteiger partial charge is 0.371 e. The highest BCUT2D eigenvalue weighted by Crippen LogP contribution is 2.39. The molecule has 0 atom stereocenters. The highest BCUT2D eigenvalue weighted by molar-refractivity contribution is 7.89. The van der Waals surface area contributed by atoms with E-state index < -0.39 is 10.0 Å². The fraction of sp³-hybridized carbons (Fsp3) is 0.320. The van der Waals surface area contributed by atoms with Crippen LogP contribution in [0.5, 0.6) is 0 Å². The highest BCUT2D eigenvalue weighted by atomic mass is 32.2. The van der Waals surface area contributed by atoms with Crippen LogP contribution in [0.1, 0.15) is 49.2 Å². The van der Waals surface area contributed by atoms with E-state index in [0.717, 1.165) is 31.6 Å². The van der Waals surface area contributed by atoms with Gasteiger partial charge in [0.1, 0.15) is 0 Å². The SMILES string of the molecule is CC1(C)CCN(CCCC(=O)c2cccn2-c2ccc(S(N)(=O)=O)cc2)c2ccccc21. The molecule has 0 fully saturated rings. The predicted molar refractivity (Wildman–Crippen MR) is 127 cm³/mol. The second-order valence-corrected chi connectivity index (χ2v) is 10.5. The van der Waals surface area contributed by atoms with Crippen molar-refractivity contribution in [1.82, 2.24) is 4.57 Å². The molecular formula is C25H29N3O3S. The van der Waals surface area contributed by atoms with E-state index >= 15 is 0 Å². The Balaban J connectivity index is 1.43. The number of Topliss-reactive ketones (excluding diaryl/α,β-unsaturated/α-hetero) is 1. The summed E-state index contributed by atoms with van der Waals surface area (Å²) in [6, 6.07) is 18.4. The van der Waals surface area contributed by atoms with Crippen LogP contribution in [0.15, 0.2) is 71.8 Å². The lowest BCUT2D eigenvalue weighted by molar-refractivity contribution is 0.0974. The molecule has 32 heavy (non-hydrogen) atoms. The molecule has 0 aliphatic carbocycles. The lowest BCUT2D eigenvalue weighted by Gasteiger charge is -2.40. The Hall–Kier alpha value is -2.90. The number of sulfonamides is 1. The normalized spacial score (nSPS) is 15.4. The molecule has 0 amide bonds. The number of anilines is 1. The topological polar surface area (TPSA) is 85.4 Å². The average Bonchev–Trinajstić information content (AvgIpc) is 3.25. The first kappa shape index (κ1) is 22.3. The van der Waals surface area contributed by atoms with Gasteiger partial charge in [0.2, 0.25) is 10.0 Å². The average molecular weight is 452 g/mol. The fourth-order valence-electron chi connectivity index (χ4n) is 4.41. The van der Waals surface area contributed by atoms with E-state index in [1.54, 1.807) is 22.8 Å². The molecule has 0 bridgehead atoms. The number of ketones is 1. The van der Waals surface area contributed by atoms with E-state index in [4.69, 9.17) is 5.14 Å².